The van der Waals surface area contributed by atoms with Crippen LogP contribution in [0.4, 0.5) is 0 Å². The van der Waals surface area contributed by atoms with Crippen molar-refractivity contribution in [1.82, 2.24) is 10.1 Å². The van der Waals surface area contributed by atoms with Gasteiger partial charge in [-0.15, -0.1) is 0 Å². The first-order valence-corrected chi connectivity index (χ1v) is 9.17. The summed E-state index contributed by atoms with van der Waals surface area (Å²) in [7, 11) is -1.78. The van der Waals surface area contributed by atoms with Crippen LogP contribution in [0.1, 0.15) is 18.7 Å². The third kappa shape index (κ3) is 4.08. The topological polar surface area (TPSA) is 91.5 Å². The van der Waals surface area contributed by atoms with E-state index < -0.39 is 9.84 Å². The fraction of sp³-hybridized carbons (Fsp3) is 0.467. The SMILES string of the molecule is COc1cccc(-c2noc(CS(=O)(=O)C[C@H]3CCCO3)n2)c1. The van der Waals surface area contributed by atoms with Crippen molar-refractivity contribution in [2.24, 2.45) is 0 Å². The van der Waals surface area contributed by atoms with Gasteiger partial charge in [0.1, 0.15) is 11.5 Å². The molecule has 0 bridgehead atoms. The van der Waals surface area contributed by atoms with Gasteiger partial charge in [0.25, 0.3) is 0 Å². The maximum atomic E-state index is 12.2. The van der Waals surface area contributed by atoms with Crippen LogP contribution in [0.15, 0.2) is 28.8 Å². The molecule has 2 heterocycles. The van der Waals surface area contributed by atoms with E-state index in [1.807, 2.05) is 0 Å². The lowest BCUT2D eigenvalue weighted by molar-refractivity contribution is 0.127. The van der Waals surface area contributed by atoms with Gasteiger partial charge in [-0.05, 0) is 25.0 Å². The Morgan fingerprint density at radius 1 is 1.39 bits per heavy atom. The molecule has 0 unspecified atom stereocenters. The minimum absolute atomic E-state index is 0.0100. The van der Waals surface area contributed by atoms with E-state index in [1.165, 1.54) is 0 Å². The van der Waals surface area contributed by atoms with Crippen molar-refractivity contribution in [2.75, 3.05) is 19.5 Å². The Bertz CT molecular complexity index is 766. The highest BCUT2D eigenvalue weighted by molar-refractivity contribution is 7.90. The van der Waals surface area contributed by atoms with E-state index in [0.29, 0.717) is 23.7 Å². The number of hydrogen-bond donors (Lipinski definition) is 0. The normalized spacial score (nSPS) is 18.2. The summed E-state index contributed by atoms with van der Waals surface area (Å²) in [6.45, 7) is 0.626. The lowest BCUT2D eigenvalue weighted by Gasteiger charge is -2.08. The van der Waals surface area contributed by atoms with Gasteiger partial charge >= 0.3 is 0 Å². The summed E-state index contributed by atoms with van der Waals surface area (Å²) in [4.78, 5) is 4.16. The van der Waals surface area contributed by atoms with Gasteiger partial charge in [0, 0.05) is 12.2 Å². The molecular weight excluding hydrogens is 320 g/mol. The Kier molecular flexibility index (Phi) is 4.63. The van der Waals surface area contributed by atoms with Gasteiger partial charge in [-0.25, -0.2) is 8.42 Å². The number of sulfone groups is 1. The van der Waals surface area contributed by atoms with Crippen LogP contribution >= 0.6 is 0 Å². The van der Waals surface area contributed by atoms with Crippen molar-refractivity contribution in [3.8, 4) is 17.1 Å². The van der Waals surface area contributed by atoms with Gasteiger partial charge in [0.15, 0.2) is 9.84 Å². The summed E-state index contributed by atoms with van der Waals surface area (Å²) in [5, 5.41) is 3.84. The molecule has 7 nitrogen and oxygen atoms in total. The molecule has 1 saturated heterocycles. The Balaban J connectivity index is 1.71. The third-order valence-corrected chi connectivity index (χ3v) is 5.17. The molecule has 0 radical (unpaired) electrons. The minimum atomic E-state index is -3.35. The van der Waals surface area contributed by atoms with Crippen LogP contribution in [0.5, 0.6) is 5.75 Å². The molecule has 23 heavy (non-hydrogen) atoms. The van der Waals surface area contributed by atoms with Gasteiger partial charge in [-0.1, -0.05) is 17.3 Å². The average Bonchev–Trinajstić information content (AvgIpc) is 3.18. The average molecular weight is 338 g/mol. The molecule has 2 aromatic rings. The molecule has 0 amide bonds. The zero-order valence-corrected chi connectivity index (χ0v) is 13.6. The number of ether oxygens (including phenoxy) is 2. The van der Waals surface area contributed by atoms with Gasteiger partial charge in [-0.3, -0.25) is 0 Å². The van der Waals surface area contributed by atoms with Crippen LogP contribution in [0.2, 0.25) is 0 Å². The Labute approximate surface area is 134 Å². The first-order chi connectivity index (χ1) is 11.1. The monoisotopic (exact) mass is 338 g/mol. The molecule has 1 aromatic carbocycles. The number of aromatic nitrogens is 2. The second-order valence-electron chi connectivity index (χ2n) is 5.43. The fourth-order valence-corrected chi connectivity index (χ4v) is 3.94. The Morgan fingerprint density at radius 2 is 2.26 bits per heavy atom. The van der Waals surface area contributed by atoms with Crippen molar-refractivity contribution < 1.29 is 22.4 Å². The van der Waals surface area contributed by atoms with Crippen LogP contribution in [0.25, 0.3) is 11.4 Å². The standard InChI is InChI=1S/C15H18N2O5S/c1-20-12-5-2-4-11(8-12)15-16-14(22-17-15)10-23(18,19)9-13-6-3-7-21-13/h2,4-5,8,13H,3,6-7,9-10H2,1H3/t13-/m1/s1. The summed E-state index contributed by atoms with van der Waals surface area (Å²) >= 11 is 0. The number of nitrogens with zero attached hydrogens (tertiary/aromatic N) is 2. The molecule has 124 valence electrons. The van der Waals surface area contributed by atoms with Crippen molar-refractivity contribution in [1.29, 1.82) is 0 Å². The molecular formula is C15H18N2O5S. The third-order valence-electron chi connectivity index (χ3n) is 3.60. The number of methoxy groups -OCH3 is 1. The zero-order chi connectivity index (χ0) is 16.3. The predicted octanol–water partition coefficient (Wildman–Crippen LogP) is 1.84. The molecule has 1 aliphatic heterocycles. The molecule has 1 aliphatic rings. The van der Waals surface area contributed by atoms with Crippen LogP contribution in [-0.2, 0) is 20.3 Å². The summed E-state index contributed by atoms with van der Waals surface area (Å²) in [5.74, 6) is 0.806. The van der Waals surface area contributed by atoms with E-state index in [0.717, 1.165) is 12.8 Å². The largest absolute Gasteiger partial charge is 0.497 e. The van der Waals surface area contributed by atoms with Crippen molar-refractivity contribution >= 4 is 9.84 Å². The summed E-state index contributed by atoms with van der Waals surface area (Å²) in [5.41, 5.74) is 0.705. The van der Waals surface area contributed by atoms with E-state index >= 15 is 0 Å². The second-order valence-corrected chi connectivity index (χ2v) is 7.54. The van der Waals surface area contributed by atoms with Crippen LogP contribution < -0.4 is 4.74 Å². The molecule has 3 rings (SSSR count). The minimum Gasteiger partial charge on any atom is -0.497 e. The van der Waals surface area contributed by atoms with Gasteiger partial charge in [0.05, 0.1) is 19.0 Å². The molecule has 0 spiro atoms. The second kappa shape index (κ2) is 6.67. The summed E-state index contributed by atoms with van der Waals surface area (Å²) < 4.78 is 39.9. The molecule has 8 heteroatoms. The lowest BCUT2D eigenvalue weighted by Crippen LogP contribution is -2.21. The summed E-state index contributed by atoms with van der Waals surface area (Å²) in [6.07, 6.45) is 1.46. The van der Waals surface area contributed by atoms with Gasteiger partial charge in [0.2, 0.25) is 11.7 Å². The van der Waals surface area contributed by atoms with Crippen molar-refractivity contribution in [3.05, 3.63) is 30.2 Å². The summed E-state index contributed by atoms with van der Waals surface area (Å²) in [6, 6.07) is 7.17. The predicted molar refractivity (Wildman–Crippen MR) is 82.8 cm³/mol. The van der Waals surface area contributed by atoms with E-state index in [2.05, 4.69) is 10.1 Å². The van der Waals surface area contributed by atoms with E-state index in [-0.39, 0.29) is 23.5 Å². The van der Waals surface area contributed by atoms with Gasteiger partial charge < -0.3 is 14.0 Å². The van der Waals surface area contributed by atoms with Crippen molar-refractivity contribution in [2.45, 2.75) is 24.7 Å². The maximum absolute atomic E-state index is 12.2. The highest BCUT2D eigenvalue weighted by atomic mass is 32.2. The first-order valence-electron chi connectivity index (χ1n) is 7.35. The number of benzene rings is 1. The van der Waals surface area contributed by atoms with E-state index in [9.17, 15) is 8.42 Å². The molecule has 1 fully saturated rings. The quantitative estimate of drug-likeness (QED) is 0.793. The Hall–Kier alpha value is -1.93. The molecule has 0 saturated carbocycles. The van der Waals surface area contributed by atoms with Crippen molar-refractivity contribution in [3.63, 3.8) is 0 Å². The van der Waals surface area contributed by atoms with Gasteiger partial charge in [-0.2, -0.15) is 4.98 Å². The molecule has 0 N–H and O–H groups in total. The Morgan fingerprint density at radius 3 is 3.00 bits per heavy atom. The van der Waals surface area contributed by atoms with Crippen LogP contribution in [0, 0.1) is 0 Å². The molecule has 1 aromatic heterocycles. The van der Waals surface area contributed by atoms with E-state index in [1.54, 1.807) is 31.4 Å². The maximum Gasteiger partial charge on any atom is 0.242 e. The zero-order valence-electron chi connectivity index (χ0n) is 12.8. The highest BCUT2D eigenvalue weighted by Crippen LogP contribution is 2.22. The fourth-order valence-electron chi connectivity index (χ4n) is 2.50. The smallest absolute Gasteiger partial charge is 0.242 e. The van der Waals surface area contributed by atoms with E-state index in [4.69, 9.17) is 14.0 Å². The lowest BCUT2D eigenvalue weighted by atomic mass is 10.2. The first kappa shape index (κ1) is 15.9. The van der Waals surface area contributed by atoms with Crippen LogP contribution in [-0.4, -0.2) is 44.1 Å². The molecule has 1 atom stereocenters. The highest BCUT2D eigenvalue weighted by Gasteiger charge is 2.25. The number of hydrogen-bond acceptors (Lipinski definition) is 7. The number of rotatable bonds is 6. The molecule has 0 aliphatic carbocycles. The van der Waals surface area contributed by atoms with Crippen LogP contribution in [0.3, 0.4) is 0 Å².